The maximum absolute atomic E-state index is 13.4. The van der Waals surface area contributed by atoms with E-state index in [1.807, 2.05) is 31.2 Å². The highest BCUT2D eigenvalue weighted by Gasteiger charge is 2.21. The maximum atomic E-state index is 13.4. The van der Waals surface area contributed by atoms with Gasteiger partial charge in [0.05, 0.1) is 18.5 Å². The Morgan fingerprint density at radius 1 is 1.09 bits per heavy atom. The molecule has 1 amide bonds. The van der Waals surface area contributed by atoms with Gasteiger partial charge in [-0.2, -0.15) is 5.10 Å². The lowest BCUT2D eigenvalue weighted by atomic mass is 10.1. The molecule has 2 aromatic carbocycles. The first-order valence-electron chi connectivity index (χ1n) is 10.9. The molecule has 0 atom stereocenters. The van der Waals surface area contributed by atoms with Gasteiger partial charge in [0.25, 0.3) is 0 Å². The van der Waals surface area contributed by atoms with Crippen molar-refractivity contribution in [3.63, 3.8) is 0 Å². The van der Waals surface area contributed by atoms with Gasteiger partial charge in [0.15, 0.2) is 0 Å². The highest BCUT2D eigenvalue weighted by Crippen LogP contribution is 2.32. The smallest absolute Gasteiger partial charge is 0.226 e. The SMILES string of the molecule is CCc1nn(-c2ccc(OC)cc2)c(Oc2ccc(F)cc2)c1CCC(=O)NCC(C)C. The number of ether oxygens (including phenoxy) is 2. The van der Waals surface area contributed by atoms with Crippen molar-refractivity contribution in [1.82, 2.24) is 15.1 Å². The summed E-state index contributed by atoms with van der Waals surface area (Å²) in [5.41, 5.74) is 2.52. The van der Waals surface area contributed by atoms with Crippen LogP contribution in [0.1, 0.15) is 38.4 Å². The Morgan fingerprint density at radius 3 is 2.34 bits per heavy atom. The molecule has 0 saturated carbocycles. The summed E-state index contributed by atoms with van der Waals surface area (Å²) in [6.07, 6.45) is 1.50. The quantitative estimate of drug-likeness (QED) is 0.478. The highest BCUT2D eigenvalue weighted by atomic mass is 19.1. The van der Waals surface area contributed by atoms with E-state index >= 15 is 0 Å². The Hall–Kier alpha value is -3.35. The molecule has 3 aromatic rings. The number of hydrogen-bond acceptors (Lipinski definition) is 4. The molecular formula is C25H30FN3O3. The second-order valence-electron chi connectivity index (χ2n) is 7.95. The number of aromatic nitrogens is 2. The van der Waals surface area contributed by atoms with E-state index in [1.54, 1.807) is 23.9 Å². The van der Waals surface area contributed by atoms with Crippen LogP contribution in [-0.2, 0) is 17.6 Å². The summed E-state index contributed by atoms with van der Waals surface area (Å²) in [5, 5.41) is 7.72. The van der Waals surface area contributed by atoms with Gasteiger partial charge in [-0.3, -0.25) is 4.79 Å². The van der Waals surface area contributed by atoms with Crippen molar-refractivity contribution in [2.45, 2.75) is 40.0 Å². The minimum Gasteiger partial charge on any atom is -0.497 e. The molecule has 1 heterocycles. The summed E-state index contributed by atoms with van der Waals surface area (Å²) >= 11 is 0. The lowest BCUT2D eigenvalue weighted by Gasteiger charge is -2.12. The molecule has 6 nitrogen and oxygen atoms in total. The monoisotopic (exact) mass is 439 g/mol. The third-order valence-corrected chi connectivity index (χ3v) is 5.01. The molecule has 7 heteroatoms. The van der Waals surface area contributed by atoms with Gasteiger partial charge in [-0.15, -0.1) is 0 Å². The summed E-state index contributed by atoms with van der Waals surface area (Å²) in [6, 6.07) is 13.3. The summed E-state index contributed by atoms with van der Waals surface area (Å²) < 4.78 is 26.6. The number of carbonyl (C=O) groups is 1. The Balaban J connectivity index is 1.96. The Bertz CT molecular complexity index is 1030. The van der Waals surface area contributed by atoms with Crippen molar-refractivity contribution in [1.29, 1.82) is 0 Å². The van der Waals surface area contributed by atoms with Crippen LogP contribution in [0.4, 0.5) is 4.39 Å². The van der Waals surface area contributed by atoms with E-state index in [4.69, 9.17) is 14.6 Å². The molecule has 0 saturated heterocycles. The number of rotatable bonds is 10. The minimum absolute atomic E-state index is 0.00863. The third-order valence-electron chi connectivity index (χ3n) is 5.01. The van der Waals surface area contributed by atoms with Gasteiger partial charge in [-0.05, 0) is 67.3 Å². The number of amides is 1. The van der Waals surface area contributed by atoms with Crippen LogP contribution in [0.5, 0.6) is 17.4 Å². The van der Waals surface area contributed by atoms with E-state index in [2.05, 4.69) is 19.2 Å². The summed E-state index contributed by atoms with van der Waals surface area (Å²) in [5.74, 6) is 1.80. The molecule has 0 bridgehead atoms. The van der Waals surface area contributed by atoms with Gasteiger partial charge in [-0.25, -0.2) is 9.07 Å². The maximum Gasteiger partial charge on any atom is 0.226 e. The zero-order valence-corrected chi connectivity index (χ0v) is 19.0. The molecule has 32 heavy (non-hydrogen) atoms. The van der Waals surface area contributed by atoms with Gasteiger partial charge in [0, 0.05) is 18.5 Å². The zero-order valence-electron chi connectivity index (χ0n) is 19.0. The molecule has 0 fully saturated rings. The van der Waals surface area contributed by atoms with E-state index in [0.717, 1.165) is 22.7 Å². The molecule has 3 rings (SSSR count). The van der Waals surface area contributed by atoms with E-state index < -0.39 is 0 Å². The molecule has 0 spiro atoms. The van der Waals surface area contributed by atoms with Crippen molar-refractivity contribution in [3.8, 4) is 23.1 Å². The van der Waals surface area contributed by atoms with Crippen LogP contribution in [0, 0.1) is 11.7 Å². The van der Waals surface area contributed by atoms with Crippen LogP contribution in [0.3, 0.4) is 0 Å². The second kappa shape index (κ2) is 10.8. The summed E-state index contributed by atoms with van der Waals surface area (Å²) in [4.78, 5) is 12.3. The number of aryl methyl sites for hydroxylation is 1. The number of nitrogens with zero attached hydrogens (tertiary/aromatic N) is 2. The molecule has 0 aliphatic carbocycles. The molecule has 1 N–H and O–H groups in total. The first kappa shape index (κ1) is 23.3. The Labute approximate surface area is 188 Å². The van der Waals surface area contributed by atoms with Gasteiger partial charge in [-0.1, -0.05) is 20.8 Å². The van der Waals surface area contributed by atoms with Crippen molar-refractivity contribution >= 4 is 5.91 Å². The second-order valence-corrected chi connectivity index (χ2v) is 7.95. The standard InChI is InChI=1S/C25H30FN3O3/c1-5-23-22(14-15-24(30)27-16-17(2)3)25(32-21-10-6-18(26)7-11-21)29(28-23)19-8-12-20(31-4)13-9-19/h6-13,17H,5,14-16H2,1-4H3,(H,27,30). The van der Waals surface area contributed by atoms with E-state index in [0.29, 0.717) is 43.4 Å². The van der Waals surface area contributed by atoms with Crippen LogP contribution in [0.15, 0.2) is 48.5 Å². The number of hydrogen-bond donors (Lipinski definition) is 1. The molecular weight excluding hydrogens is 409 g/mol. The highest BCUT2D eigenvalue weighted by molar-refractivity contribution is 5.76. The lowest BCUT2D eigenvalue weighted by Crippen LogP contribution is -2.27. The average Bonchev–Trinajstić information content (AvgIpc) is 3.15. The van der Waals surface area contributed by atoms with Crippen LogP contribution >= 0.6 is 0 Å². The molecule has 0 unspecified atom stereocenters. The number of benzene rings is 2. The Kier molecular flexibility index (Phi) is 7.87. The normalized spacial score (nSPS) is 10.9. The molecule has 0 aliphatic heterocycles. The van der Waals surface area contributed by atoms with Gasteiger partial charge < -0.3 is 14.8 Å². The summed E-state index contributed by atoms with van der Waals surface area (Å²) in [6.45, 7) is 6.78. The largest absolute Gasteiger partial charge is 0.497 e. The van der Waals surface area contributed by atoms with Crippen LogP contribution < -0.4 is 14.8 Å². The van der Waals surface area contributed by atoms with Crippen LogP contribution in [-0.4, -0.2) is 29.3 Å². The van der Waals surface area contributed by atoms with Crippen molar-refractivity contribution in [2.75, 3.05) is 13.7 Å². The molecule has 1 aromatic heterocycles. The van der Waals surface area contributed by atoms with Gasteiger partial charge in [0.1, 0.15) is 17.3 Å². The zero-order chi connectivity index (χ0) is 23.1. The predicted octanol–water partition coefficient (Wildman–Crippen LogP) is 5.08. The van der Waals surface area contributed by atoms with E-state index in [-0.39, 0.29) is 11.7 Å². The number of methoxy groups -OCH3 is 1. The number of carbonyl (C=O) groups excluding carboxylic acids is 1. The van der Waals surface area contributed by atoms with Crippen molar-refractivity contribution < 1.29 is 18.7 Å². The van der Waals surface area contributed by atoms with Crippen molar-refractivity contribution in [3.05, 3.63) is 65.6 Å². The molecule has 0 aliphatic rings. The van der Waals surface area contributed by atoms with Crippen LogP contribution in [0.25, 0.3) is 5.69 Å². The van der Waals surface area contributed by atoms with E-state index in [9.17, 15) is 9.18 Å². The lowest BCUT2D eigenvalue weighted by molar-refractivity contribution is -0.121. The fraction of sp³-hybridized carbons (Fsp3) is 0.360. The van der Waals surface area contributed by atoms with Gasteiger partial charge in [0.2, 0.25) is 11.8 Å². The minimum atomic E-state index is -0.336. The first-order chi connectivity index (χ1) is 15.4. The Morgan fingerprint density at radius 2 is 1.75 bits per heavy atom. The molecule has 170 valence electrons. The fourth-order valence-electron chi connectivity index (χ4n) is 3.28. The third kappa shape index (κ3) is 5.87. The van der Waals surface area contributed by atoms with Crippen molar-refractivity contribution in [2.24, 2.45) is 5.92 Å². The number of nitrogens with one attached hydrogen (secondary N) is 1. The average molecular weight is 440 g/mol. The molecule has 0 radical (unpaired) electrons. The van der Waals surface area contributed by atoms with E-state index in [1.165, 1.54) is 12.1 Å². The first-order valence-corrected chi connectivity index (χ1v) is 10.9. The summed E-state index contributed by atoms with van der Waals surface area (Å²) in [7, 11) is 1.61. The fourth-order valence-corrected chi connectivity index (χ4v) is 3.28. The van der Waals surface area contributed by atoms with Crippen LogP contribution in [0.2, 0.25) is 0 Å². The van der Waals surface area contributed by atoms with Gasteiger partial charge >= 0.3 is 0 Å². The predicted molar refractivity (Wildman–Crippen MR) is 122 cm³/mol. The number of halogens is 1. The topological polar surface area (TPSA) is 65.4 Å².